The molecule has 0 fully saturated rings. The summed E-state index contributed by atoms with van der Waals surface area (Å²) in [7, 11) is 0. The van der Waals surface area contributed by atoms with Gasteiger partial charge in [-0.3, -0.25) is 0 Å². The molecule has 0 aromatic heterocycles. The zero-order valence-electron chi connectivity index (χ0n) is 9.49. The van der Waals surface area contributed by atoms with Crippen molar-refractivity contribution in [3.63, 3.8) is 0 Å². The van der Waals surface area contributed by atoms with E-state index in [2.05, 4.69) is 32.0 Å². The third-order valence-electron chi connectivity index (χ3n) is 3.04. The third kappa shape index (κ3) is 2.15. The predicted octanol–water partition coefficient (Wildman–Crippen LogP) is 2.67. The lowest BCUT2D eigenvalue weighted by Gasteiger charge is -2.21. The Morgan fingerprint density at radius 1 is 1.33 bits per heavy atom. The summed E-state index contributed by atoms with van der Waals surface area (Å²) in [5, 5.41) is 0. The van der Waals surface area contributed by atoms with E-state index in [1.165, 1.54) is 11.1 Å². The number of aryl methyl sites for hydroxylation is 1. The molecule has 15 heavy (non-hydrogen) atoms. The molecule has 0 spiro atoms. The Hall–Kier alpha value is -1.02. The van der Waals surface area contributed by atoms with Crippen LogP contribution in [-0.2, 0) is 6.42 Å². The quantitative estimate of drug-likeness (QED) is 0.805. The average molecular weight is 205 g/mol. The first kappa shape index (κ1) is 10.5. The second kappa shape index (κ2) is 4.23. The normalized spacial score (nSPS) is 17.1. The van der Waals surface area contributed by atoms with Crippen molar-refractivity contribution >= 4 is 0 Å². The SMILES string of the molecule is CC(C)C(N)c1ccc2c(c1)CCCO2. The maximum absolute atomic E-state index is 6.13. The number of nitrogens with two attached hydrogens (primary N) is 1. The van der Waals surface area contributed by atoms with E-state index in [1.807, 2.05) is 0 Å². The van der Waals surface area contributed by atoms with E-state index in [0.717, 1.165) is 25.2 Å². The van der Waals surface area contributed by atoms with Crippen LogP contribution in [0.1, 0.15) is 37.4 Å². The molecule has 2 rings (SSSR count). The minimum Gasteiger partial charge on any atom is -0.493 e. The van der Waals surface area contributed by atoms with Gasteiger partial charge in [0, 0.05) is 6.04 Å². The molecule has 1 aliphatic rings. The van der Waals surface area contributed by atoms with E-state index in [0.29, 0.717) is 5.92 Å². The average Bonchev–Trinajstić information content (AvgIpc) is 2.27. The van der Waals surface area contributed by atoms with Gasteiger partial charge in [-0.2, -0.15) is 0 Å². The van der Waals surface area contributed by atoms with Crippen molar-refractivity contribution in [3.8, 4) is 5.75 Å². The third-order valence-corrected chi connectivity index (χ3v) is 3.04. The van der Waals surface area contributed by atoms with Gasteiger partial charge in [0.15, 0.2) is 0 Å². The molecule has 2 nitrogen and oxygen atoms in total. The van der Waals surface area contributed by atoms with Crippen LogP contribution in [0.2, 0.25) is 0 Å². The first-order chi connectivity index (χ1) is 7.18. The highest BCUT2D eigenvalue weighted by Gasteiger charge is 2.15. The fourth-order valence-electron chi connectivity index (χ4n) is 1.97. The topological polar surface area (TPSA) is 35.2 Å². The van der Waals surface area contributed by atoms with Crippen molar-refractivity contribution < 1.29 is 4.74 Å². The van der Waals surface area contributed by atoms with Crippen LogP contribution in [-0.4, -0.2) is 6.61 Å². The van der Waals surface area contributed by atoms with E-state index in [1.54, 1.807) is 0 Å². The lowest BCUT2D eigenvalue weighted by molar-refractivity contribution is 0.288. The van der Waals surface area contributed by atoms with Crippen LogP contribution in [0, 0.1) is 5.92 Å². The standard InChI is InChI=1S/C13H19NO/c1-9(2)13(14)11-5-6-12-10(8-11)4-3-7-15-12/h5-6,8-9,13H,3-4,7,14H2,1-2H3. The van der Waals surface area contributed by atoms with Crippen molar-refractivity contribution in [3.05, 3.63) is 29.3 Å². The summed E-state index contributed by atoms with van der Waals surface area (Å²) >= 11 is 0. The van der Waals surface area contributed by atoms with Gasteiger partial charge in [0.05, 0.1) is 6.61 Å². The fraction of sp³-hybridized carbons (Fsp3) is 0.538. The molecule has 0 aliphatic carbocycles. The first-order valence-electron chi connectivity index (χ1n) is 5.69. The molecule has 0 radical (unpaired) electrons. The largest absolute Gasteiger partial charge is 0.493 e. The lowest BCUT2D eigenvalue weighted by atomic mass is 9.94. The van der Waals surface area contributed by atoms with E-state index in [-0.39, 0.29) is 6.04 Å². The molecule has 0 amide bonds. The summed E-state index contributed by atoms with van der Waals surface area (Å²) in [6, 6.07) is 6.50. The van der Waals surface area contributed by atoms with E-state index < -0.39 is 0 Å². The van der Waals surface area contributed by atoms with Gasteiger partial charge in [0.1, 0.15) is 5.75 Å². The zero-order chi connectivity index (χ0) is 10.8. The lowest BCUT2D eigenvalue weighted by Crippen LogP contribution is -2.17. The Kier molecular flexibility index (Phi) is 2.96. The van der Waals surface area contributed by atoms with Crippen LogP contribution in [0.25, 0.3) is 0 Å². The van der Waals surface area contributed by atoms with Crippen molar-refractivity contribution in [1.82, 2.24) is 0 Å². The monoisotopic (exact) mass is 205 g/mol. The summed E-state index contributed by atoms with van der Waals surface area (Å²) in [6.45, 7) is 5.16. The van der Waals surface area contributed by atoms with Crippen molar-refractivity contribution in [2.75, 3.05) is 6.61 Å². The molecule has 2 heteroatoms. The van der Waals surface area contributed by atoms with Gasteiger partial charge in [-0.15, -0.1) is 0 Å². The molecule has 1 atom stereocenters. The van der Waals surface area contributed by atoms with E-state index >= 15 is 0 Å². The number of rotatable bonds is 2. The molecule has 82 valence electrons. The second-order valence-electron chi connectivity index (χ2n) is 4.59. The maximum Gasteiger partial charge on any atom is 0.122 e. The van der Waals surface area contributed by atoms with Crippen LogP contribution in [0.5, 0.6) is 5.75 Å². The molecular formula is C13H19NO. The van der Waals surface area contributed by atoms with Crippen molar-refractivity contribution in [1.29, 1.82) is 0 Å². The Morgan fingerprint density at radius 2 is 2.13 bits per heavy atom. The van der Waals surface area contributed by atoms with Gasteiger partial charge in [-0.05, 0) is 36.0 Å². The summed E-state index contributed by atoms with van der Waals surface area (Å²) < 4.78 is 5.58. The number of fused-ring (bicyclic) bond motifs is 1. The summed E-state index contributed by atoms with van der Waals surface area (Å²) in [5.41, 5.74) is 8.68. The summed E-state index contributed by atoms with van der Waals surface area (Å²) in [6.07, 6.45) is 2.24. The molecule has 1 unspecified atom stereocenters. The Morgan fingerprint density at radius 3 is 2.87 bits per heavy atom. The molecule has 0 bridgehead atoms. The number of hydrogen-bond acceptors (Lipinski definition) is 2. The molecule has 1 aromatic carbocycles. The fourth-order valence-corrected chi connectivity index (χ4v) is 1.97. The van der Waals surface area contributed by atoms with E-state index in [4.69, 9.17) is 10.5 Å². The van der Waals surface area contributed by atoms with Gasteiger partial charge in [0.2, 0.25) is 0 Å². The smallest absolute Gasteiger partial charge is 0.122 e. The molecule has 2 N–H and O–H groups in total. The molecule has 0 saturated carbocycles. The first-order valence-corrected chi connectivity index (χ1v) is 5.69. The van der Waals surface area contributed by atoms with E-state index in [9.17, 15) is 0 Å². The molecular weight excluding hydrogens is 186 g/mol. The van der Waals surface area contributed by atoms with Crippen LogP contribution in [0.15, 0.2) is 18.2 Å². The predicted molar refractivity (Wildman–Crippen MR) is 62.0 cm³/mol. The van der Waals surface area contributed by atoms with Crippen molar-refractivity contribution in [2.24, 2.45) is 11.7 Å². The van der Waals surface area contributed by atoms with Gasteiger partial charge < -0.3 is 10.5 Å². The minimum atomic E-state index is 0.136. The molecule has 1 aromatic rings. The van der Waals surface area contributed by atoms with Crippen LogP contribution in [0.3, 0.4) is 0 Å². The molecule has 0 saturated heterocycles. The van der Waals surface area contributed by atoms with Gasteiger partial charge in [-0.25, -0.2) is 0 Å². The second-order valence-corrected chi connectivity index (χ2v) is 4.59. The van der Waals surface area contributed by atoms with Gasteiger partial charge >= 0.3 is 0 Å². The highest BCUT2D eigenvalue weighted by Crippen LogP contribution is 2.29. The van der Waals surface area contributed by atoms with Gasteiger partial charge in [0.25, 0.3) is 0 Å². The van der Waals surface area contributed by atoms with Crippen LogP contribution in [0.4, 0.5) is 0 Å². The molecule has 1 heterocycles. The Bertz CT molecular complexity index is 346. The number of benzene rings is 1. The summed E-state index contributed by atoms with van der Waals surface area (Å²) in [5.74, 6) is 1.52. The minimum absolute atomic E-state index is 0.136. The maximum atomic E-state index is 6.13. The number of hydrogen-bond donors (Lipinski definition) is 1. The Labute approximate surface area is 91.4 Å². The highest BCUT2D eigenvalue weighted by molar-refractivity contribution is 5.39. The Balaban J connectivity index is 2.27. The highest BCUT2D eigenvalue weighted by atomic mass is 16.5. The number of ether oxygens (including phenoxy) is 1. The summed E-state index contributed by atoms with van der Waals surface area (Å²) in [4.78, 5) is 0. The van der Waals surface area contributed by atoms with Crippen LogP contribution < -0.4 is 10.5 Å². The molecule has 1 aliphatic heterocycles. The van der Waals surface area contributed by atoms with Crippen molar-refractivity contribution in [2.45, 2.75) is 32.7 Å². The zero-order valence-corrected chi connectivity index (χ0v) is 9.49. The van der Waals surface area contributed by atoms with Gasteiger partial charge in [-0.1, -0.05) is 26.0 Å². The van der Waals surface area contributed by atoms with Crippen LogP contribution >= 0.6 is 0 Å².